The first-order valence-electron chi connectivity index (χ1n) is 14.2. The molecule has 0 aliphatic rings. The van der Waals surface area contributed by atoms with Gasteiger partial charge in [0, 0.05) is 24.0 Å². The van der Waals surface area contributed by atoms with E-state index in [0.29, 0.717) is 21.8 Å². The maximum absolute atomic E-state index is 14.4. The van der Waals surface area contributed by atoms with Gasteiger partial charge in [0.15, 0.2) is 0 Å². The molecule has 44 heavy (non-hydrogen) atoms. The van der Waals surface area contributed by atoms with Crippen LogP contribution in [0.15, 0.2) is 108 Å². The molecule has 0 heterocycles. The number of nitrogens with one attached hydrogen (secondary N) is 1. The molecule has 4 rings (SSSR count). The number of halogens is 2. The minimum absolute atomic E-state index is 0.0403. The Morgan fingerprint density at radius 2 is 1.45 bits per heavy atom. The van der Waals surface area contributed by atoms with Crippen molar-refractivity contribution in [2.24, 2.45) is 0 Å². The van der Waals surface area contributed by atoms with Gasteiger partial charge in [-0.05, 0) is 79.9 Å². The van der Waals surface area contributed by atoms with Crippen molar-refractivity contribution in [1.82, 2.24) is 10.2 Å². The van der Waals surface area contributed by atoms with Gasteiger partial charge >= 0.3 is 0 Å². The van der Waals surface area contributed by atoms with Crippen molar-refractivity contribution >= 4 is 39.1 Å². The van der Waals surface area contributed by atoms with Crippen LogP contribution in [0.5, 0.6) is 0 Å². The monoisotopic (exact) mass is 635 g/mol. The number of anilines is 1. The van der Waals surface area contributed by atoms with E-state index < -0.39 is 34.3 Å². The second-order valence-corrected chi connectivity index (χ2v) is 13.1. The molecular weight excluding hydrogens is 601 g/mol. The van der Waals surface area contributed by atoms with Crippen molar-refractivity contribution in [3.8, 4) is 0 Å². The summed E-state index contributed by atoms with van der Waals surface area (Å²) in [7, 11) is -4.25. The molecule has 4 aromatic rings. The third kappa shape index (κ3) is 8.24. The average molecular weight is 636 g/mol. The lowest BCUT2D eigenvalue weighted by atomic mass is 10.0. The van der Waals surface area contributed by atoms with E-state index in [1.165, 1.54) is 41.3 Å². The van der Waals surface area contributed by atoms with Crippen LogP contribution in [0.4, 0.5) is 10.1 Å². The summed E-state index contributed by atoms with van der Waals surface area (Å²) in [6.45, 7) is 4.77. The second kappa shape index (κ2) is 14.5. The first kappa shape index (κ1) is 32.7. The Morgan fingerprint density at radius 1 is 0.841 bits per heavy atom. The molecule has 0 bridgehead atoms. The number of rotatable bonds is 12. The van der Waals surface area contributed by atoms with Crippen molar-refractivity contribution in [2.75, 3.05) is 10.8 Å². The van der Waals surface area contributed by atoms with E-state index in [4.69, 9.17) is 11.6 Å². The number of aryl methyl sites for hydroxylation is 1. The van der Waals surface area contributed by atoms with Crippen LogP contribution in [0.2, 0.25) is 5.02 Å². The van der Waals surface area contributed by atoms with Gasteiger partial charge in [-0.25, -0.2) is 12.8 Å². The minimum Gasteiger partial charge on any atom is -0.352 e. The summed E-state index contributed by atoms with van der Waals surface area (Å²) >= 11 is 6.03. The third-order valence-corrected chi connectivity index (χ3v) is 9.06. The summed E-state index contributed by atoms with van der Waals surface area (Å²) < 4.78 is 43.0. The molecule has 0 fully saturated rings. The minimum atomic E-state index is -4.25. The quantitative estimate of drug-likeness (QED) is 0.202. The Bertz CT molecular complexity index is 1680. The van der Waals surface area contributed by atoms with E-state index in [1.54, 1.807) is 43.3 Å². The summed E-state index contributed by atoms with van der Waals surface area (Å²) in [4.78, 5) is 29.4. The lowest BCUT2D eigenvalue weighted by Crippen LogP contribution is -2.54. The van der Waals surface area contributed by atoms with Gasteiger partial charge in [0.2, 0.25) is 11.8 Å². The van der Waals surface area contributed by atoms with Crippen molar-refractivity contribution in [3.05, 3.63) is 131 Å². The number of amides is 2. The number of para-hydroxylation sites is 1. The maximum atomic E-state index is 14.4. The smallest absolute Gasteiger partial charge is 0.264 e. The van der Waals surface area contributed by atoms with E-state index in [-0.39, 0.29) is 29.8 Å². The van der Waals surface area contributed by atoms with Crippen LogP contribution in [0, 0.1) is 12.7 Å². The zero-order valence-electron chi connectivity index (χ0n) is 24.8. The average Bonchev–Trinajstić information content (AvgIpc) is 2.99. The number of carbonyl (C=O) groups excluding carboxylic acids is 2. The number of carbonyl (C=O) groups is 2. The van der Waals surface area contributed by atoms with Crippen LogP contribution in [0.1, 0.15) is 30.5 Å². The van der Waals surface area contributed by atoms with Gasteiger partial charge in [-0.3, -0.25) is 13.9 Å². The molecule has 1 N–H and O–H groups in total. The van der Waals surface area contributed by atoms with E-state index in [9.17, 15) is 22.4 Å². The molecule has 230 valence electrons. The van der Waals surface area contributed by atoms with Gasteiger partial charge in [-0.1, -0.05) is 72.3 Å². The third-order valence-electron chi connectivity index (χ3n) is 7.03. The molecule has 1 atom stereocenters. The molecule has 0 saturated heterocycles. The molecular formula is C34H35ClFN3O4S. The standard InChI is InChI=1S/C34H35ClFN3O4S/c1-24(2)37-34(41)32(21-26-10-5-4-6-11-26)38(22-27-13-17-29(36)18-14-27)33(40)23-39(31-12-8-7-9-25(31)3)44(42,43)30-19-15-28(35)16-20-30/h4-20,24,32H,21-23H2,1-3H3,(H,37,41)/t32-/m1/s1. The number of hydrogen-bond donors (Lipinski definition) is 1. The molecule has 0 unspecified atom stereocenters. The van der Waals surface area contributed by atoms with Gasteiger partial charge in [0.1, 0.15) is 18.4 Å². The number of benzene rings is 4. The molecule has 10 heteroatoms. The summed E-state index contributed by atoms with van der Waals surface area (Å²) in [5.41, 5.74) is 2.36. The van der Waals surface area contributed by atoms with Gasteiger partial charge in [0.25, 0.3) is 10.0 Å². The summed E-state index contributed by atoms with van der Waals surface area (Å²) in [5.74, 6) is -1.43. The fourth-order valence-electron chi connectivity index (χ4n) is 4.81. The van der Waals surface area contributed by atoms with E-state index in [2.05, 4.69) is 5.32 Å². The molecule has 0 saturated carbocycles. The predicted molar refractivity (Wildman–Crippen MR) is 171 cm³/mol. The van der Waals surface area contributed by atoms with Crippen LogP contribution in [0.3, 0.4) is 0 Å². The van der Waals surface area contributed by atoms with E-state index >= 15 is 0 Å². The zero-order valence-corrected chi connectivity index (χ0v) is 26.4. The Balaban J connectivity index is 1.81. The Hall–Kier alpha value is -4.21. The summed E-state index contributed by atoms with van der Waals surface area (Å²) in [6, 6.07) is 26.3. The van der Waals surface area contributed by atoms with Gasteiger partial charge in [0.05, 0.1) is 10.6 Å². The molecule has 0 radical (unpaired) electrons. The predicted octanol–water partition coefficient (Wildman–Crippen LogP) is 6.15. The first-order chi connectivity index (χ1) is 21.0. The van der Waals surface area contributed by atoms with Crippen LogP contribution < -0.4 is 9.62 Å². The number of hydrogen-bond acceptors (Lipinski definition) is 4. The summed E-state index contributed by atoms with van der Waals surface area (Å²) in [6.07, 6.45) is 0.181. The Kier molecular flexibility index (Phi) is 10.8. The van der Waals surface area contributed by atoms with Crippen LogP contribution >= 0.6 is 11.6 Å². The molecule has 0 aliphatic heterocycles. The Morgan fingerprint density at radius 3 is 2.07 bits per heavy atom. The fraction of sp³-hybridized carbons (Fsp3) is 0.235. The van der Waals surface area contributed by atoms with Crippen LogP contribution in [-0.4, -0.2) is 43.8 Å². The lowest BCUT2D eigenvalue weighted by molar-refractivity contribution is -0.140. The van der Waals surface area contributed by atoms with E-state index in [0.717, 1.165) is 9.87 Å². The van der Waals surface area contributed by atoms with Crippen molar-refractivity contribution in [1.29, 1.82) is 0 Å². The largest absolute Gasteiger partial charge is 0.352 e. The molecule has 2 amide bonds. The summed E-state index contributed by atoms with van der Waals surface area (Å²) in [5, 5.41) is 3.28. The highest BCUT2D eigenvalue weighted by atomic mass is 35.5. The van der Waals surface area contributed by atoms with Crippen LogP contribution in [0.25, 0.3) is 0 Å². The van der Waals surface area contributed by atoms with Gasteiger partial charge in [-0.15, -0.1) is 0 Å². The molecule has 0 aromatic heterocycles. The van der Waals surface area contributed by atoms with Crippen molar-refractivity contribution < 1.29 is 22.4 Å². The van der Waals surface area contributed by atoms with Crippen molar-refractivity contribution in [3.63, 3.8) is 0 Å². The SMILES string of the molecule is Cc1ccccc1N(CC(=O)N(Cc1ccc(F)cc1)[C@H](Cc1ccccc1)C(=O)NC(C)C)S(=O)(=O)c1ccc(Cl)cc1. The zero-order chi connectivity index (χ0) is 31.9. The molecule has 7 nitrogen and oxygen atoms in total. The van der Waals surface area contributed by atoms with Crippen molar-refractivity contribution in [2.45, 2.75) is 50.7 Å². The first-order valence-corrected chi connectivity index (χ1v) is 16.0. The number of sulfonamides is 1. The molecule has 0 spiro atoms. The fourth-order valence-corrected chi connectivity index (χ4v) is 6.42. The van der Waals surface area contributed by atoms with Gasteiger partial charge in [-0.2, -0.15) is 0 Å². The number of nitrogens with zero attached hydrogens (tertiary/aromatic N) is 2. The highest BCUT2D eigenvalue weighted by molar-refractivity contribution is 7.92. The topological polar surface area (TPSA) is 86.8 Å². The van der Waals surface area contributed by atoms with E-state index in [1.807, 2.05) is 44.2 Å². The molecule has 0 aliphatic carbocycles. The highest BCUT2D eigenvalue weighted by Crippen LogP contribution is 2.28. The van der Waals surface area contributed by atoms with Gasteiger partial charge < -0.3 is 10.2 Å². The normalized spacial score (nSPS) is 12.0. The highest BCUT2D eigenvalue weighted by Gasteiger charge is 2.35. The Labute approximate surface area is 263 Å². The van der Waals surface area contributed by atoms with Crippen LogP contribution in [-0.2, 0) is 32.6 Å². The second-order valence-electron chi connectivity index (χ2n) is 10.8. The molecule has 4 aromatic carbocycles. The maximum Gasteiger partial charge on any atom is 0.264 e. The lowest BCUT2D eigenvalue weighted by Gasteiger charge is -2.34.